The van der Waals surface area contributed by atoms with E-state index in [2.05, 4.69) is 34.3 Å². The van der Waals surface area contributed by atoms with Gasteiger partial charge in [0.2, 0.25) is 0 Å². The van der Waals surface area contributed by atoms with Crippen LogP contribution in [0.5, 0.6) is 0 Å². The molecule has 2 heterocycles. The van der Waals surface area contributed by atoms with Gasteiger partial charge in [-0.1, -0.05) is 13.8 Å². The lowest BCUT2D eigenvalue weighted by Gasteiger charge is -2.28. The number of aromatic amines is 1. The zero-order chi connectivity index (χ0) is 14.4. The van der Waals surface area contributed by atoms with E-state index in [1.807, 2.05) is 25.3 Å². The molecule has 2 rings (SSSR count). The van der Waals surface area contributed by atoms with Crippen molar-refractivity contribution in [3.63, 3.8) is 0 Å². The van der Waals surface area contributed by atoms with Crippen molar-refractivity contribution >= 4 is 0 Å². The highest BCUT2D eigenvalue weighted by molar-refractivity contribution is 5.14. The molecule has 0 aliphatic heterocycles. The number of hydrogen-bond acceptors (Lipinski definition) is 4. The molecule has 2 aromatic rings. The van der Waals surface area contributed by atoms with Gasteiger partial charge in [-0.25, -0.2) is 0 Å². The lowest BCUT2D eigenvalue weighted by Crippen LogP contribution is -2.35. The van der Waals surface area contributed by atoms with Gasteiger partial charge >= 0.3 is 0 Å². The molecule has 110 valence electrons. The largest absolute Gasteiger partial charge is 0.468 e. The van der Waals surface area contributed by atoms with Gasteiger partial charge in [0, 0.05) is 24.3 Å². The number of nitrogens with zero attached hydrogens (tertiary/aromatic N) is 2. The topological polar surface area (TPSA) is 57.1 Å². The van der Waals surface area contributed by atoms with Gasteiger partial charge in [-0.05, 0) is 32.1 Å². The SMILES string of the molecule is CCN(CC)C(CNCc1cn[nH]c1C)c1ccco1. The molecule has 2 aromatic heterocycles. The summed E-state index contributed by atoms with van der Waals surface area (Å²) in [4.78, 5) is 2.40. The van der Waals surface area contributed by atoms with Crippen molar-refractivity contribution in [3.8, 4) is 0 Å². The molecule has 1 unspecified atom stereocenters. The predicted molar refractivity (Wildman–Crippen MR) is 79.4 cm³/mol. The summed E-state index contributed by atoms with van der Waals surface area (Å²) in [6.07, 6.45) is 3.62. The zero-order valence-corrected chi connectivity index (χ0v) is 12.5. The van der Waals surface area contributed by atoms with Crippen LogP contribution in [0, 0.1) is 6.92 Å². The third-order valence-electron chi connectivity index (χ3n) is 3.71. The normalized spacial score (nSPS) is 13.0. The third-order valence-corrected chi connectivity index (χ3v) is 3.71. The summed E-state index contributed by atoms with van der Waals surface area (Å²) >= 11 is 0. The molecule has 2 N–H and O–H groups in total. The fourth-order valence-electron chi connectivity index (χ4n) is 2.45. The molecular weight excluding hydrogens is 252 g/mol. The Labute approximate surface area is 120 Å². The van der Waals surface area contributed by atoms with Gasteiger partial charge in [-0.2, -0.15) is 5.10 Å². The third kappa shape index (κ3) is 3.49. The lowest BCUT2D eigenvalue weighted by molar-refractivity contribution is 0.188. The molecular formula is C15H24N4O. The summed E-state index contributed by atoms with van der Waals surface area (Å²) < 4.78 is 5.59. The first-order chi connectivity index (χ1) is 9.76. The second-order valence-corrected chi connectivity index (χ2v) is 4.90. The zero-order valence-electron chi connectivity index (χ0n) is 12.5. The van der Waals surface area contributed by atoms with E-state index >= 15 is 0 Å². The van der Waals surface area contributed by atoms with Gasteiger partial charge in [-0.3, -0.25) is 10.00 Å². The van der Waals surface area contributed by atoms with E-state index in [9.17, 15) is 0 Å². The van der Waals surface area contributed by atoms with Gasteiger partial charge in [0.05, 0.1) is 18.5 Å². The van der Waals surface area contributed by atoms with Gasteiger partial charge in [0.15, 0.2) is 0 Å². The number of hydrogen-bond donors (Lipinski definition) is 2. The van der Waals surface area contributed by atoms with Crippen LogP contribution in [0.25, 0.3) is 0 Å². The quantitative estimate of drug-likeness (QED) is 0.777. The second-order valence-electron chi connectivity index (χ2n) is 4.90. The summed E-state index contributed by atoms with van der Waals surface area (Å²) in [5.41, 5.74) is 2.33. The summed E-state index contributed by atoms with van der Waals surface area (Å²) in [5, 5.41) is 10.5. The molecule has 0 bridgehead atoms. The number of aryl methyl sites for hydroxylation is 1. The highest BCUT2D eigenvalue weighted by atomic mass is 16.3. The molecule has 0 fully saturated rings. The molecule has 5 nitrogen and oxygen atoms in total. The number of rotatable bonds is 8. The Morgan fingerprint density at radius 1 is 1.40 bits per heavy atom. The van der Waals surface area contributed by atoms with Gasteiger partial charge in [0.1, 0.15) is 5.76 Å². The minimum atomic E-state index is 0.271. The molecule has 0 spiro atoms. The average molecular weight is 276 g/mol. The van der Waals surface area contributed by atoms with E-state index in [1.165, 1.54) is 5.56 Å². The molecule has 1 atom stereocenters. The van der Waals surface area contributed by atoms with Gasteiger partial charge in [-0.15, -0.1) is 0 Å². The van der Waals surface area contributed by atoms with Crippen LogP contribution in [0.1, 0.15) is 36.9 Å². The number of likely N-dealkylation sites (N-methyl/N-ethyl adjacent to an activating group) is 1. The fourth-order valence-corrected chi connectivity index (χ4v) is 2.45. The summed E-state index contributed by atoms with van der Waals surface area (Å²) in [6.45, 7) is 10.1. The Morgan fingerprint density at radius 2 is 2.20 bits per heavy atom. The fraction of sp³-hybridized carbons (Fsp3) is 0.533. The van der Waals surface area contributed by atoms with E-state index < -0.39 is 0 Å². The molecule has 0 aliphatic carbocycles. The monoisotopic (exact) mass is 276 g/mol. The molecule has 0 aromatic carbocycles. The van der Waals surface area contributed by atoms with Crippen LogP contribution in [-0.4, -0.2) is 34.7 Å². The van der Waals surface area contributed by atoms with Crippen LogP contribution < -0.4 is 5.32 Å². The Morgan fingerprint density at radius 3 is 2.75 bits per heavy atom. The molecule has 20 heavy (non-hydrogen) atoms. The number of aromatic nitrogens is 2. The van der Waals surface area contributed by atoms with Crippen molar-refractivity contribution in [1.29, 1.82) is 0 Å². The molecule has 0 amide bonds. The summed E-state index contributed by atoms with van der Waals surface area (Å²) in [6, 6.07) is 4.27. The first kappa shape index (κ1) is 14.8. The number of nitrogens with one attached hydrogen (secondary N) is 2. The highest BCUT2D eigenvalue weighted by Crippen LogP contribution is 2.20. The first-order valence-electron chi connectivity index (χ1n) is 7.23. The van der Waals surface area contributed by atoms with Crippen LogP contribution in [0.3, 0.4) is 0 Å². The first-order valence-corrected chi connectivity index (χ1v) is 7.23. The van der Waals surface area contributed by atoms with Crippen molar-refractivity contribution < 1.29 is 4.42 Å². The molecule has 0 radical (unpaired) electrons. The molecule has 0 saturated carbocycles. The van der Waals surface area contributed by atoms with Crippen LogP contribution in [-0.2, 0) is 6.54 Å². The van der Waals surface area contributed by atoms with Crippen molar-refractivity contribution in [2.45, 2.75) is 33.4 Å². The Balaban J connectivity index is 1.96. The smallest absolute Gasteiger partial charge is 0.122 e. The standard InChI is InChI=1S/C15H24N4O/c1-4-19(5-2)14(15-7-6-8-20-15)11-16-9-13-10-17-18-12(13)3/h6-8,10,14,16H,4-5,9,11H2,1-3H3,(H,17,18). The van der Waals surface area contributed by atoms with Crippen LogP contribution >= 0.6 is 0 Å². The van der Waals surface area contributed by atoms with E-state index in [0.29, 0.717) is 0 Å². The van der Waals surface area contributed by atoms with Crippen molar-refractivity contribution in [3.05, 3.63) is 41.6 Å². The van der Waals surface area contributed by atoms with E-state index in [-0.39, 0.29) is 6.04 Å². The predicted octanol–water partition coefficient (Wildman–Crippen LogP) is 2.48. The maximum Gasteiger partial charge on any atom is 0.122 e. The van der Waals surface area contributed by atoms with Crippen LogP contribution in [0.15, 0.2) is 29.0 Å². The minimum Gasteiger partial charge on any atom is -0.468 e. The van der Waals surface area contributed by atoms with E-state index in [4.69, 9.17) is 4.42 Å². The highest BCUT2D eigenvalue weighted by Gasteiger charge is 2.20. The van der Waals surface area contributed by atoms with Gasteiger partial charge in [0.25, 0.3) is 0 Å². The molecule has 0 aliphatic rings. The Hall–Kier alpha value is -1.59. The molecule has 0 saturated heterocycles. The van der Waals surface area contributed by atoms with Gasteiger partial charge < -0.3 is 9.73 Å². The Kier molecular flexibility index (Phi) is 5.38. The number of furan rings is 1. The van der Waals surface area contributed by atoms with Crippen LogP contribution in [0.2, 0.25) is 0 Å². The second kappa shape index (κ2) is 7.26. The lowest BCUT2D eigenvalue weighted by atomic mass is 10.1. The minimum absolute atomic E-state index is 0.271. The van der Waals surface area contributed by atoms with E-state index in [0.717, 1.165) is 37.6 Å². The maximum atomic E-state index is 5.59. The maximum absolute atomic E-state index is 5.59. The van der Waals surface area contributed by atoms with Crippen LogP contribution in [0.4, 0.5) is 0 Å². The van der Waals surface area contributed by atoms with Crippen molar-refractivity contribution in [2.24, 2.45) is 0 Å². The average Bonchev–Trinajstić information content (AvgIpc) is 3.10. The van der Waals surface area contributed by atoms with E-state index in [1.54, 1.807) is 6.26 Å². The van der Waals surface area contributed by atoms with Crippen molar-refractivity contribution in [2.75, 3.05) is 19.6 Å². The molecule has 5 heteroatoms. The summed E-state index contributed by atoms with van der Waals surface area (Å²) in [5.74, 6) is 1.02. The summed E-state index contributed by atoms with van der Waals surface area (Å²) in [7, 11) is 0. The Bertz CT molecular complexity index is 488. The van der Waals surface area contributed by atoms with Crippen molar-refractivity contribution in [1.82, 2.24) is 20.4 Å². The number of H-pyrrole nitrogens is 1.